The van der Waals surface area contributed by atoms with Gasteiger partial charge < -0.3 is 10.1 Å². The van der Waals surface area contributed by atoms with Crippen molar-refractivity contribution in [1.82, 2.24) is 15.7 Å². The van der Waals surface area contributed by atoms with Crippen LogP contribution < -0.4 is 16.6 Å². The number of aliphatic imine (C=N–C) groups is 1. The van der Waals surface area contributed by atoms with Crippen LogP contribution in [-0.4, -0.2) is 37.7 Å². The maximum Gasteiger partial charge on any atom is 0.205 e. The van der Waals surface area contributed by atoms with Crippen molar-refractivity contribution in [2.24, 2.45) is 10.8 Å². The molecule has 1 aromatic rings. The van der Waals surface area contributed by atoms with Crippen LogP contribution in [0.3, 0.4) is 0 Å². The third-order valence-corrected chi connectivity index (χ3v) is 3.24. The van der Waals surface area contributed by atoms with Crippen molar-refractivity contribution in [2.75, 3.05) is 26.8 Å². The van der Waals surface area contributed by atoms with E-state index in [1.807, 2.05) is 6.92 Å². The van der Waals surface area contributed by atoms with Crippen molar-refractivity contribution in [3.63, 3.8) is 0 Å². The Labute approximate surface area is 112 Å². The molecule has 6 nitrogen and oxygen atoms in total. The van der Waals surface area contributed by atoms with Crippen molar-refractivity contribution in [1.29, 1.82) is 0 Å². The number of ether oxygens (including phenoxy) is 1. The molecular weight excluding hydrogens is 250 g/mol. The minimum atomic E-state index is 0.611. The summed E-state index contributed by atoms with van der Waals surface area (Å²) in [4.78, 5) is 8.68. The molecule has 0 aliphatic carbocycles. The Bertz CT molecular complexity index is 366. The average Bonchev–Trinajstić information content (AvgIpc) is 2.78. The third-order valence-electron chi connectivity index (χ3n) is 2.21. The number of methoxy groups -OCH3 is 1. The van der Waals surface area contributed by atoms with Crippen molar-refractivity contribution in [2.45, 2.75) is 19.8 Å². The summed E-state index contributed by atoms with van der Waals surface area (Å²) in [6.07, 6.45) is 1.76. The number of aryl methyl sites for hydroxylation is 1. The Kier molecular flexibility index (Phi) is 7.31. The lowest BCUT2D eigenvalue weighted by atomic mass is 10.4. The van der Waals surface area contributed by atoms with E-state index in [2.05, 4.69) is 26.1 Å². The number of thiazole rings is 1. The molecule has 0 aliphatic rings. The molecular formula is C11H21N5OS. The molecule has 1 heterocycles. The van der Waals surface area contributed by atoms with Gasteiger partial charge in [0.25, 0.3) is 0 Å². The SMILES string of the molecule is COCCCN=C(NN)NCCc1nc(C)cs1. The molecule has 0 amide bonds. The summed E-state index contributed by atoms with van der Waals surface area (Å²) in [6, 6.07) is 0. The summed E-state index contributed by atoms with van der Waals surface area (Å²) in [5, 5.41) is 6.32. The van der Waals surface area contributed by atoms with Crippen LogP contribution in [0.5, 0.6) is 0 Å². The lowest BCUT2D eigenvalue weighted by molar-refractivity contribution is 0.197. The highest BCUT2D eigenvalue weighted by molar-refractivity contribution is 7.09. The molecule has 0 radical (unpaired) electrons. The number of nitrogens with one attached hydrogen (secondary N) is 2. The fourth-order valence-electron chi connectivity index (χ4n) is 1.36. The molecule has 102 valence electrons. The highest BCUT2D eigenvalue weighted by atomic mass is 32.1. The quantitative estimate of drug-likeness (QED) is 0.220. The first-order valence-electron chi connectivity index (χ1n) is 5.91. The van der Waals surface area contributed by atoms with Crippen LogP contribution in [0.15, 0.2) is 10.4 Å². The molecule has 4 N–H and O–H groups in total. The molecule has 0 unspecified atom stereocenters. The molecule has 7 heteroatoms. The molecule has 1 rings (SSSR count). The molecule has 0 saturated heterocycles. The Morgan fingerprint density at radius 2 is 2.44 bits per heavy atom. The van der Waals surface area contributed by atoms with Crippen molar-refractivity contribution < 1.29 is 4.74 Å². The Morgan fingerprint density at radius 3 is 3.06 bits per heavy atom. The van der Waals surface area contributed by atoms with Gasteiger partial charge in [0, 0.05) is 44.3 Å². The molecule has 0 fully saturated rings. The third kappa shape index (κ3) is 5.95. The van der Waals surface area contributed by atoms with Gasteiger partial charge in [0.2, 0.25) is 5.96 Å². The van der Waals surface area contributed by atoms with Crippen molar-refractivity contribution >= 4 is 17.3 Å². The standard InChI is InChI=1S/C11H21N5OS/c1-9-8-18-10(15-9)4-6-14-11(16-12)13-5-3-7-17-2/h8H,3-7,12H2,1-2H3,(H2,13,14,16). The lowest BCUT2D eigenvalue weighted by Gasteiger charge is -2.08. The van der Waals surface area contributed by atoms with Gasteiger partial charge in [-0.1, -0.05) is 0 Å². The van der Waals surface area contributed by atoms with Gasteiger partial charge in [-0.2, -0.15) is 0 Å². The lowest BCUT2D eigenvalue weighted by Crippen LogP contribution is -2.42. The number of hydrogen-bond acceptors (Lipinski definition) is 5. The highest BCUT2D eigenvalue weighted by Gasteiger charge is 1.99. The summed E-state index contributed by atoms with van der Waals surface area (Å²) in [7, 11) is 1.68. The zero-order valence-corrected chi connectivity index (χ0v) is 11.7. The van der Waals surface area contributed by atoms with E-state index in [4.69, 9.17) is 10.6 Å². The second-order valence-electron chi connectivity index (χ2n) is 3.78. The number of nitrogens with two attached hydrogens (primary N) is 1. The number of hydrogen-bond donors (Lipinski definition) is 3. The van der Waals surface area contributed by atoms with Crippen molar-refractivity contribution in [3.8, 4) is 0 Å². The minimum absolute atomic E-state index is 0.611. The van der Waals surface area contributed by atoms with E-state index < -0.39 is 0 Å². The van der Waals surface area contributed by atoms with Crippen LogP contribution in [0, 0.1) is 6.92 Å². The minimum Gasteiger partial charge on any atom is -0.385 e. The number of guanidine groups is 1. The van der Waals surface area contributed by atoms with Gasteiger partial charge in [0.05, 0.1) is 5.01 Å². The number of hydrazine groups is 1. The molecule has 0 aromatic carbocycles. The zero-order valence-electron chi connectivity index (χ0n) is 10.9. The van der Waals surface area contributed by atoms with E-state index >= 15 is 0 Å². The van der Waals surface area contributed by atoms with Gasteiger partial charge in [0.15, 0.2) is 0 Å². The fourth-order valence-corrected chi connectivity index (χ4v) is 2.13. The zero-order chi connectivity index (χ0) is 13.2. The van der Waals surface area contributed by atoms with Gasteiger partial charge >= 0.3 is 0 Å². The maximum absolute atomic E-state index is 5.38. The van der Waals surface area contributed by atoms with E-state index in [1.165, 1.54) is 0 Å². The second-order valence-corrected chi connectivity index (χ2v) is 4.72. The molecule has 18 heavy (non-hydrogen) atoms. The molecule has 1 aromatic heterocycles. The Balaban J connectivity index is 2.22. The van der Waals surface area contributed by atoms with Crippen LogP contribution >= 0.6 is 11.3 Å². The first-order valence-corrected chi connectivity index (χ1v) is 6.79. The first kappa shape index (κ1) is 14.9. The largest absolute Gasteiger partial charge is 0.385 e. The summed E-state index contributed by atoms with van der Waals surface area (Å²) < 4.78 is 4.95. The smallest absolute Gasteiger partial charge is 0.205 e. The van der Waals surface area contributed by atoms with Crippen LogP contribution in [0.4, 0.5) is 0 Å². The highest BCUT2D eigenvalue weighted by Crippen LogP contribution is 2.08. The molecule has 0 bridgehead atoms. The predicted molar refractivity (Wildman–Crippen MR) is 74.7 cm³/mol. The van der Waals surface area contributed by atoms with Gasteiger partial charge in [-0.25, -0.2) is 10.8 Å². The van der Waals surface area contributed by atoms with Crippen LogP contribution in [0.2, 0.25) is 0 Å². The topological polar surface area (TPSA) is 84.6 Å². The second kappa shape index (κ2) is 8.84. The predicted octanol–water partition coefficient (Wildman–Crippen LogP) is 0.439. The first-order chi connectivity index (χ1) is 8.76. The summed E-state index contributed by atoms with van der Waals surface area (Å²) in [5.41, 5.74) is 3.62. The van der Waals surface area contributed by atoms with Crippen LogP contribution in [0.25, 0.3) is 0 Å². The van der Waals surface area contributed by atoms with Crippen molar-refractivity contribution in [3.05, 3.63) is 16.1 Å². The van der Waals surface area contributed by atoms with Crippen LogP contribution in [-0.2, 0) is 11.2 Å². The maximum atomic E-state index is 5.38. The van der Waals surface area contributed by atoms with Crippen LogP contribution in [0.1, 0.15) is 17.1 Å². The molecule has 0 spiro atoms. The van der Waals surface area contributed by atoms with Gasteiger partial charge in [-0.15, -0.1) is 11.3 Å². The Hall–Kier alpha value is -1.18. The van der Waals surface area contributed by atoms with Gasteiger partial charge in [-0.05, 0) is 13.3 Å². The molecule has 0 aliphatic heterocycles. The van der Waals surface area contributed by atoms with Gasteiger partial charge in [-0.3, -0.25) is 10.4 Å². The van der Waals surface area contributed by atoms with E-state index in [-0.39, 0.29) is 0 Å². The van der Waals surface area contributed by atoms with E-state index in [1.54, 1.807) is 18.4 Å². The summed E-state index contributed by atoms with van der Waals surface area (Å²) in [5.74, 6) is 5.99. The van der Waals surface area contributed by atoms with Gasteiger partial charge in [0.1, 0.15) is 0 Å². The van der Waals surface area contributed by atoms with E-state index in [9.17, 15) is 0 Å². The fraction of sp³-hybridized carbons (Fsp3) is 0.636. The molecule has 0 atom stereocenters. The summed E-state index contributed by atoms with van der Waals surface area (Å²) in [6.45, 7) is 4.16. The average molecular weight is 271 g/mol. The summed E-state index contributed by atoms with van der Waals surface area (Å²) >= 11 is 1.67. The number of rotatable bonds is 7. The number of nitrogens with zero attached hydrogens (tertiary/aromatic N) is 2. The Morgan fingerprint density at radius 1 is 1.61 bits per heavy atom. The van der Waals surface area contributed by atoms with E-state index in [0.717, 1.165) is 30.1 Å². The normalized spacial score (nSPS) is 11.6. The van der Waals surface area contributed by atoms with E-state index in [0.29, 0.717) is 19.1 Å². The monoisotopic (exact) mass is 271 g/mol. The molecule has 0 saturated carbocycles. The number of aromatic nitrogens is 1.